The van der Waals surface area contributed by atoms with E-state index in [2.05, 4.69) is 3.74 Å². The Hall–Kier alpha value is 1.08. The first-order valence-corrected chi connectivity index (χ1v) is 3.44. The fraction of sp³-hybridized carbons (Fsp3) is 0. The van der Waals surface area contributed by atoms with E-state index in [1.807, 2.05) is 0 Å². The molecule has 0 aliphatic carbocycles. The summed E-state index contributed by atoms with van der Waals surface area (Å²) in [6, 6.07) is 0. The van der Waals surface area contributed by atoms with E-state index in [0.717, 1.165) is 0 Å². The van der Waals surface area contributed by atoms with Crippen molar-refractivity contribution >= 4 is 40.0 Å². The predicted molar refractivity (Wildman–Crippen MR) is 18.4 cm³/mol. The third kappa shape index (κ3) is 12.3. The molecule has 0 saturated carbocycles. The minimum atomic E-state index is -4.85. The summed E-state index contributed by atoms with van der Waals surface area (Å²) in [5.41, 5.74) is 0. The molecule has 0 saturated heterocycles. The van der Waals surface area contributed by atoms with Gasteiger partial charge in [0, 0.05) is 29.6 Å². The molecule has 0 unspecified atom stereocenters. The zero-order valence-corrected chi connectivity index (χ0v) is 7.85. The van der Waals surface area contributed by atoms with Crippen LogP contribution in [0.5, 0.6) is 0 Å². The van der Waals surface area contributed by atoms with Crippen LogP contribution in [0.25, 0.3) is 0 Å². The van der Waals surface area contributed by atoms with Crippen LogP contribution in [0.1, 0.15) is 0 Å². The van der Waals surface area contributed by atoms with E-state index in [1.54, 1.807) is 0 Å². The van der Waals surface area contributed by atoms with Crippen molar-refractivity contribution in [2.24, 2.45) is 0 Å². The zero-order chi connectivity index (χ0) is 6.78. The van der Waals surface area contributed by atoms with Crippen molar-refractivity contribution in [3.05, 3.63) is 0 Å². The van der Waals surface area contributed by atoms with Crippen molar-refractivity contribution in [1.82, 2.24) is 0 Å². The molecule has 9 heteroatoms. The van der Waals surface area contributed by atoms with Crippen molar-refractivity contribution in [2.45, 2.75) is 0 Å². The van der Waals surface area contributed by atoms with Crippen LogP contribution in [0.3, 0.4) is 0 Å². The third-order valence-electron chi connectivity index (χ3n) is 0.131. The Bertz CT molecular complexity index is 146. The number of hydrogen-bond acceptors (Lipinski definition) is 5. The van der Waals surface area contributed by atoms with Crippen molar-refractivity contribution < 1.29 is 36.8 Å². The molecule has 0 rings (SSSR count). The normalized spacial score (nSPS) is 11.1. The van der Waals surface area contributed by atoms with Crippen LogP contribution in [-0.2, 0) is 14.1 Å². The molecule has 0 amide bonds. The molecule has 1 N–H and O–H groups in total. The fourth-order valence-corrected chi connectivity index (χ4v) is 0.585. The second-order valence-electron chi connectivity index (χ2n) is 0.680. The van der Waals surface area contributed by atoms with Crippen molar-refractivity contribution in [3.63, 3.8) is 0 Å². The van der Waals surface area contributed by atoms with Crippen LogP contribution in [0.4, 0.5) is 0 Å². The molecule has 6 nitrogen and oxygen atoms in total. The predicted octanol–water partition coefficient (Wildman–Crippen LogP) is -3.49. The molecule has 51 valence electrons. The summed E-state index contributed by atoms with van der Waals surface area (Å²) in [6.07, 6.45) is 0. The molecule has 0 aromatic heterocycles. The topological polar surface area (TPSA) is 110 Å². The Labute approximate surface area is 76.5 Å². The molecule has 0 heterocycles. The molecular weight excluding hydrogens is 187 g/mol. The van der Waals surface area contributed by atoms with E-state index in [0.29, 0.717) is 0 Å². The first-order chi connectivity index (χ1) is 3.42. The molecule has 0 bridgehead atoms. The first-order valence-electron chi connectivity index (χ1n) is 1.15. The maximum absolute atomic E-state index is 9.37. The van der Waals surface area contributed by atoms with Gasteiger partial charge in [0.15, 0.2) is 3.74 Å². The Balaban J connectivity index is 0. The van der Waals surface area contributed by atoms with Gasteiger partial charge in [0.1, 0.15) is 0 Å². The van der Waals surface area contributed by atoms with Gasteiger partial charge in [-0.15, -0.1) is 0 Å². The van der Waals surface area contributed by atoms with Crippen LogP contribution in [-0.4, -0.2) is 42.5 Å². The van der Waals surface area contributed by atoms with Gasteiger partial charge in [-0.1, -0.05) is 0 Å². The molecule has 1 radical (unpaired) electrons. The zero-order valence-electron chi connectivity index (χ0n) is 4.27. The average molecular weight is 188 g/mol. The summed E-state index contributed by atoms with van der Waals surface area (Å²) in [4.78, 5) is 0. The van der Waals surface area contributed by atoms with Gasteiger partial charge in [-0.25, -0.2) is 0 Å². The van der Waals surface area contributed by atoms with Crippen molar-refractivity contribution in [1.29, 1.82) is 0 Å². The average Bonchev–Trinajstić information content (AvgIpc) is 1.21. The summed E-state index contributed by atoms with van der Waals surface area (Å²) in [6.45, 7) is 0. The maximum Gasteiger partial charge on any atom is 0.493 e. The molecule has 0 fully saturated rings. The number of halogens is 1. The third-order valence-corrected chi connectivity index (χ3v) is 1.18. The van der Waals surface area contributed by atoms with E-state index in [-0.39, 0.29) is 29.6 Å². The minimum Gasteiger partial charge on any atom is -0.319 e. The van der Waals surface area contributed by atoms with E-state index in [1.165, 1.54) is 0 Å². The Morgan fingerprint density at radius 2 is 1.78 bits per heavy atom. The Kier molecular flexibility index (Phi) is 6.83. The molecule has 0 aromatic carbocycles. The standard InChI is InChI=1S/ClHO6S.Na/c2-1(3)7-8(4,5)6;/h(H,4,5,6);. The summed E-state index contributed by atoms with van der Waals surface area (Å²) in [5, 5.41) is 0. The van der Waals surface area contributed by atoms with Crippen LogP contribution < -0.4 is 9.32 Å². The van der Waals surface area contributed by atoms with Gasteiger partial charge < -0.3 is 9.32 Å². The summed E-state index contributed by atoms with van der Waals surface area (Å²) < 4.78 is 47.6. The van der Waals surface area contributed by atoms with Crippen molar-refractivity contribution in [3.8, 4) is 0 Å². The van der Waals surface area contributed by atoms with Gasteiger partial charge in [0.2, 0.25) is 0 Å². The molecular formula is HClNaO6S. The largest absolute Gasteiger partial charge is 0.493 e. The van der Waals surface area contributed by atoms with Gasteiger partial charge in [0.05, 0.1) is 0 Å². The first kappa shape index (κ1) is 12.7. The molecule has 0 aromatic rings. The summed E-state index contributed by atoms with van der Waals surface area (Å²) in [7, 11) is -7.77. The number of hydrogen-bond donors (Lipinski definition) is 1. The van der Waals surface area contributed by atoms with Gasteiger partial charge in [-0.05, 0) is 0 Å². The summed E-state index contributed by atoms with van der Waals surface area (Å²) >= 11 is 0. The van der Waals surface area contributed by atoms with Crippen LogP contribution in [0.2, 0.25) is 0 Å². The monoisotopic (exact) mass is 187 g/mol. The van der Waals surface area contributed by atoms with Crippen LogP contribution in [0.15, 0.2) is 0 Å². The SMILES string of the molecule is O=S(=O)(O)O[Cl+2]([O-])[O-].[Na]. The fourth-order valence-electron chi connectivity index (χ4n) is 0.0650. The molecule has 9 heavy (non-hydrogen) atoms. The Morgan fingerprint density at radius 1 is 1.44 bits per heavy atom. The van der Waals surface area contributed by atoms with Gasteiger partial charge in [-0.3, -0.25) is 4.55 Å². The second kappa shape index (κ2) is 4.83. The Morgan fingerprint density at radius 3 is 1.78 bits per heavy atom. The maximum atomic E-state index is 9.37. The van der Waals surface area contributed by atoms with E-state index in [9.17, 15) is 17.7 Å². The van der Waals surface area contributed by atoms with E-state index < -0.39 is 21.2 Å². The molecule has 0 aliphatic heterocycles. The van der Waals surface area contributed by atoms with Crippen LogP contribution in [0, 0.1) is 10.8 Å². The van der Waals surface area contributed by atoms with E-state index in [4.69, 9.17) is 4.55 Å². The second-order valence-corrected chi connectivity index (χ2v) is 2.42. The minimum absolute atomic E-state index is 0. The van der Waals surface area contributed by atoms with Crippen LogP contribution >= 0.6 is 0 Å². The van der Waals surface area contributed by atoms with E-state index >= 15 is 0 Å². The van der Waals surface area contributed by atoms with Gasteiger partial charge in [-0.2, -0.15) is 8.42 Å². The smallest absolute Gasteiger partial charge is 0.319 e. The molecule has 0 spiro atoms. The number of rotatable bonds is 2. The summed E-state index contributed by atoms with van der Waals surface area (Å²) in [5.74, 6) is 0. The van der Waals surface area contributed by atoms with Gasteiger partial charge in [0.25, 0.3) is 0 Å². The van der Waals surface area contributed by atoms with Crippen molar-refractivity contribution in [2.75, 3.05) is 0 Å². The quantitative estimate of drug-likeness (QED) is 0.355. The van der Waals surface area contributed by atoms with Gasteiger partial charge >= 0.3 is 21.2 Å². The molecule has 0 atom stereocenters. The molecule has 0 aliphatic rings.